The molecular formula is C27H36ClFN4O2. The summed E-state index contributed by atoms with van der Waals surface area (Å²) in [6.07, 6.45) is 7.94. The SMILES string of the molecule is CCN(C(=O)Cc1ccc(OCC[C@@H]2C[C@@H]2C2CCN(c3ncc(Cl)cn3)CC2)cc1F)C(C)C. The first-order valence-corrected chi connectivity index (χ1v) is 13.2. The van der Waals surface area contributed by atoms with Crippen LogP contribution >= 0.6 is 11.6 Å². The average molecular weight is 503 g/mol. The quantitative estimate of drug-likeness (QED) is 0.436. The van der Waals surface area contributed by atoms with Crippen LogP contribution in [0.3, 0.4) is 0 Å². The summed E-state index contributed by atoms with van der Waals surface area (Å²) in [6.45, 7) is 9.05. The number of rotatable bonds is 10. The topological polar surface area (TPSA) is 58.6 Å². The third-order valence-electron chi connectivity index (χ3n) is 7.42. The highest BCUT2D eigenvalue weighted by atomic mass is 35.5. The van der Waals surface area contributed by atoms with E-state index in [1.165, 1.54) is 12.5 Å². The largest absolute Gasteiger partial charge is 0.493 e. The van der Waals surface area contributed by atoms with Crippen LogP contribution in [0.2, 0.25) is 5.02 Å². The van der Waals surface area contributed by atoms with Crippen molar-refractivity contribution in [3.05, 3.63) is 47.0 Å². The van der Waals surface area contributed by atoms with Gasteiger partial charge in [-0.3, -0.25) is 4.79 Å². The molecule has 1 aliphatic carbocycles. The zero-order chi connectivity index (χ0) is 24.9. The van der Waals surface area contributed by atoms with Gasteiger partial charge in [-0.05, 0) is 75.8 Å². The minimum Gasteiger partial charge on any atom is -0.493 e. The van der Waals surface area contributed by atoms with Crippen molar-refractivity contribution in [2.45, 2.75) is 58.9 Å². The van der Waals surface area contributed by atoms with Crippen LogP contribution in [0.5, 0.6) is 5.75 Å². The molecule has 190 valence electrons. The van der Waals surface area contributed by atoms with E-state index < -0.39 is 0 Å². The normalized spacial score (nSPS) is 20.2. The Morgan fingerprint density at radius 1 is 1.26 bits per heavy atom. The van der Waals surface area contributed by atoms with Gasteiger partial charge in [-0.1, -0.05) is 17.7 Å². The molecule has 0 spiro atoms. The maximum Gasteiger partial charge on any atom is 0.227 e. The van der Waals surface area contributed by atoms with Crippen LogP contribution in [-0.2, 0) is 11.2 Å². The van der Waals surface area contributed by atoms with Crippen LogP contribution in [0.15, 0.2) is 30.6 Å². The number of piperidine rings is 1. The number of hydrogen-bond donors (Lipinski definition) is 0. The molecule has 2 heterocycles. The fourth-order valence-corrected chi connectivity index (χ4v) is 5.46. The highest BCUT2D eigenvalue weighted by Crippen LogP contribution is 2.49. The van der Waals surface area contributed by atoms with Gasteiger partial charge in [0.05, 0.1) is 30.4 Å². The van der Waals surface area contributed by atoms with Crippen molar-refractivity contribution in [3.8, 4) is 5.75 Å². The third kappa shape index (κ3) is 6.63. The number of hydrogen-bond acceptors (Lipinski definition) is 5. The first kappa shape index (κ1) is 25.7. The summed E-state index contributed by atoms with van der Waals surface area (Å²) in [4.78, 5) is 25.1. The van der Waals surface area contributed by atoms with Crippen LogP contribution in [0.1, 0.15) is 52.0 Å². The van der Waals surface area contributed by atoms with Gasteiger partial charge in [0.25, 0.3) is 0 Å². The maximum atomic E-state index is 14.6. The Labute approximate surface area is 212 Å². The number of halogens is 2. The lowest BCUT2D eigenvalue weighted by Gasteiger charge is -2.32. The number of anilines is 1. The standard InChI is InChI=1S/C27H36ClFN4O2/c1-4-33(18(2)3)26(34)14-21-5-6-23(15-25(21)29)35-12-9-20-13-24(20)19-7-10-32(11-8-19)27-30-16-22(28)17-31-27/h5-6,15-20,24H,4,7-14H2,1-3H3/t20-,24-/m1/s1. The van der Waals surface area contributed by atoms with Crippen molar-refractivity contribution in [2.24, 2.45) is 17.8 Å². The number of carbonyl (C=O) groups excluding carboxylic acids is 1. The van der Waals surface area contributed by atoms with Crippen molar-refractivity contribution < 1.29 is 13.9 Å². The first-order chi connectivity index (χ1) is 16.9. The van der Waals surface area contributed by atoms with E-state index in [4.69, 9.17) is 16.3 Å². The summed E-state index contributed by atoms with van der Waals surface area (Å²) in [5, 5.41) is 0.561. The minimum absolute atomic E-state index is 0.0543. The lowest BCUT2D eigenvalue weighted by molar-refractivity contribution is -0.131. The maximum absolute atomic E-state index is 14.6. The van der Waals surface area contributed by atoms with Crippen LogP contribution in [0.4, 0.5) is 10.3 Å². The summed E-state index contributed by atoms with van der Waals surface area (Å²) in [7, 11) is 0. The monoisotopic (exact) mass is 502 g/mol. The zero-order valence-corrected chi connectivity index (χ0v) is 21.7. The van der Waals surface area contributed by atoms with E-state index in [1.807, 2.05) is 20.8 Å². The molecule has 1 amide bonds. The predicted octanol–water partition coefficient (Wildman–Crippen LogP) is 5.39. The van der Waals surface area contributed by atoms with Crippen LogP contribution in [0, 0.1) is 23.6 Å². The Bertz CT molecular complexity index is 995. The highest BCUT2D eigenvalue weighted by Gasteiger charge is 2.43. The summed E-state index contributed by atoms with van der Waals surface area (Å²) in [5.74, 6) is 3.06. The molecule has 35 heavy (non-hydrogen) atoms. The fourth-order valence-electron chi connectivity index (χ4n) is 5.36. The number of nitrogens with zero attached hydrogens (tertiary/aromatic N) is 4. The summed E-state index contributed by atoms with van der Waals surface area (Å²) >= 11 is 5.89. The van der Waals surface area contributed by atoms with E-state index in [-0.39, 0.29) is 24.2 Å². The molecule has 0 bridgehead atoms. The molecule has 0 radical (unpaired) electrons. The molecule has 1 aromatic carbocycles. The van der Waals surface area contributed by atoms with Gasteiger partial charge in [0.1, 0.15) is 11.6 Å². The molecule has 1 saturated heterocycles. The van der Waals surface area contributed by atoms with E-state index in [2.05, 4.69) is 14.9 Å². The Hall–Kier alpha value is -2.41. The van der Waals surface area contributed by atoms with Gasteiger partial charge >= 0.3 is 0 Å². The molecule has 1 saturated carbocycles. The number of likely N-dealkylation sites (N-methyl/N-ethyl adjacent to an activating group) is 1. The van der Waals surface area contributed by atoms with Crippen molar-refractivity contribution in [1.29, 1.82) is 0 Å². The fraction of sp³-hybridized carbons (Fsp3) is 0.593. The highest BCUT2D eigenvalue weighted by molar-refractivity contribution is 6.30. The molecule has 8 heteroatoms. The Kier molecular flexibility index (Phi) is 8.47. The number of amides is 1. The molecule has 1 aliphatic heterocycles. The molecule has 0 unspecified atom stereocenters. The Morgan fingerprint density at radius 3 is 2.60 bits per heavy atom. The first-order valence-electron chi connectivity index (χ1n) is 12.8. The molecule has 2 aromatic rings. The Morgan fingerprint density at radius 2 is 1.97 bits per heavy atom. The number of aromatic nitrogens is 2. The lowest BCUT2D eigenvalue weighted by Crippen LogP contribution is -2.37. The van der Waals surface area contributed by atoms with Gasteiger partial charge in [0.15, 0.2) is 0 Å². The van der Waals surface area contributed by atoms with Gasteiger partial charge < -0.3 is 14.5 Å². The molecule has 2 fully saturated rings. The van der Waals surface area contributed by atoms with E-state index in [9.17, 15) is 9.18 Å². The molecule has 0 N–H and O–H groups in total. The van der Waals surface area contributed by atoms with Crippen LogP contribution < -0.4 is 9.64 Å². The second-order valence-electron chi connectivity index (χ2n) is 10.0. The van der Waals surface area contributed by atoms with E-state index in [1.54, 1.807) is 29.4 Å². The minimum atomic E-state index is -0.378. The number of benzene rings is 1. The van der Waals surface area contributed by atoms with Gasteiger partial charge in [-0.25, -0.2) is 14.4 Å². The predicted molar refractivity (Wildman–Crippen MR) is 136 cm³/mol. The Balaban J connectivity index is 1.18. The van der Waals surface area contributed by atoms with Gasteiger partial charge in [0, 0.05) is 31.7 Å². The number of ether oxygens (including phenoxy) is 1. The van der Waals surface area contributed by atoms with Crippen molar-refractivity contribution >= 4 is 23.5 Å². The second-order valence-corrected chi connectivity index (χ2v) is 10.5. The van der Waals surface area contributed by atoms with Crippen LogP contribution in [-0.4, -0.2) is 53.1 Å². The van der Waals surface area contributed by atoms with Crippen molar-refractivity contribution in [1.82, 2.24) is 14.9 Å². The summed E-state index contributed by atoms with van der Waals surface area (Å²) in [6, 6.07) is 4.97. The van der Waals surface area contributed by atoms with Gasteiger partial charge in [0.2, 0.25) is 11.9 Å². The molecular weight excluding hydrogens is 467 g/mol. The van der Waals surface area contributed by atoms with E-state index >= 15 is 0 Å². The van der Waals surface area contributed by atoms with Gasteiger partial charge in [-0.2, -0.15) is 0 Å². The summed E-state index contributed by atoms with van der Waals surface area (Å²) < 4.78 is 20.4. The zero-order valence-electron chi connectivity index (χ0n) is 20.9. The van der Waals surface area contributed by atoms with Gasteiger partial charge in [-0.15, -0.1) is 0 Å². The lowest BCUT2D eigenvalue weighted by atomic mass is 9.90. The summed E-state index contributed by atoms with van der Waals surface area (Å²) in [5.41, 5.74) is 0.416. The van der Waals surface area contributed by atoms with E-state index in [0.717, 1.165) is 50.1 Å². The molecule has 6 nitrogen and oxygen atoms in total. The average Bonchev–Trinajstić information content (AvgIpc) is 3.61. The number of carbonyl (C=O) groups is 1. The van der Waals surface area contributed by atoms with Crippen molar-refractivity contribution in [2.75, 3.05) is 31.1 Å². The second kappa shape index (κ2) is 11.5. The molecule has 1 aromatic heterocycles. The van der Waals surface area contributed by atoms with Crippen molar-refractivity contribution in [3.63, 3.8) is 0 Å². The molecule has 4 rings (SSSR count). The molecule has 2 aliphatic rings. The van der Waals surface area contributed by atoms with Crippen LogP contribution in [0.25, 0.3) is 0 Å². The third-order valence-corrected chi connectivity index (χ3v) is 7.62. The van der Waals surface area contributed by atoms with E-state index in [0.29, 0.717) is 35.4 Å². The molecule has 2 atom stereocenters. The smallest absolute Gasteiger partial charge is 0.227 e.